The molecule has 0 spiro atoms. The van der Waals surface area contributed by atoms with Gasteiger partial charge < -0.3 is 15.5 Å². The molecular weight excluding hydrogens is 494 g/mol. The molecule has 0 saturated heterocycles. The maximum Gasteiger partial charge on any atom is 0.416 e. The molecule has 2 aromatic carbocycles. The van der Waals surface area contributed by atoms with Gasteiger partial charge in [0.2, 0.25) is 0 Å². The molecule has 1 heterocycles. The molecule has 0 saturated carbocycles. The molecule has 2 N–H and O–H groups in total. The highest BCUT2D eigenvalue weighted by atomic mass is 19.4. The first-order valence-electron chi connectivity index (χ1n) is 10.6. The molecule has 0 atom stereocenters. The number of nitrogens with one attached hydrogen (secondary N) is 2. The SMILES string of the molecule is CN(C)CCCNc1nc2cc([N+](=O)[O-])ccc2nc1NCc1cc(C(F)(F)F)cc(C(F)(F)F)c1. The Morgan fingerprint density at radius 3 is 2.03 bits per heavy atom. The number of hydrogen-bond acceptors (Lipinski definition) is 7. The summed E-state index contributed by atoms with van der Waals surface area (Å²) in [5, 5.41) is 16.9. The van der Waals surface area contributed by atoms with Gasteiger partial charge in [-0.3, -0.25) is 10.1 Å². The first kappa shape index (κ1) is 26.9. The average Bonchev–Trinajstić information content (AvgIpc) is 2.78. The van der Waals surface area contributed by atoms with Gasteiger partial charge >= 0.3 is 12.4 Å². The van der Waals surface area contributed by atoms with Gasteiger partial charge in [-0.05, 0) is 56.9 Å². The van der Waals surface area contributed by atoms with Gasteiger partial charge in [-0.1, -0.05) is 0 Å². The predicted molar refractivity (Wildman–Crippen MR) is 122 cm³/mol. The van der Waals surface area contributed by atoms with E-state index < -0.39 is 34.9 Å². The first-order chi connectivity index (χ1) is 16.7. The van der Waals surface area contributed by atoms with Gasteiger partial charge in [0, 0.05) is 25.2 Å². The van der Waals surface area contributed by atoms with Crippen LogP contribution in [0.3, 0.4) is 0 Å². The van der Waals surface area contributed by atoms with Crippen LogP contribution in [0.4, 0.5) is 43.7 Å². The number of fused-ring (bicyclic) bond motifs is 1. The van der Waals surface area contributed by atoms with Crippen molar-refractivity contribution in [2.45, 2.75) is 25.3 Å². The zero-order valence-corrected chi connectivity index (χ0v) is 19.2. The van der Waals surface area contributed by atoms with Crippen molar-refractivity contribution in [3.8, 4) is 0 Å². The Morgan fingerprint density at radius 1 is 0.889 bits per heavy atom. The molecule has 194 valence electrons. The van der Waals surface area contributed by atoms with Gasteiger partial charge in [-0.25, -0.2) is 9.97 Å². The second-order valence-electron chi connectivity index (χ2n) is 8.20. The molecule has 3 rings (SSSR count). The Labute approximate surface area is 201 Å². The van der Waals surface area contributed by atoms with Crippen molar-refractivity contribution in [1.82, 2.24) is 14.9 Å². The maximum atomic E-state index is 13.2. The van der Waals surface area contributed by atoms with Gasteiger partial charge in [0.25, 0.3) is 5.69 Å². The summed E-state index contributed by atoms with van der Waals surface area (Å²) >= 11 is 0. The number of alkyl halides is 6. The van der Waals surface area contributed by atoms with Crippen LogP contribution in [0.25, 0.3) is 11.0 Å². The van der Waals surface area contributed by atoms with Crippen LogP contribution in [0.2, 0.25) is 0 Å². The van der Waals surface area contributed by atoms with Crippen molar-refractivity contribution in [1.29, 1.82) is 0 Å². The van der Waals surface area contributed by atoms with Crippen LogP contribution >= 0.6 is 0 Å². The number of aromatic nitrogens is 2. The number of non-ortho nitro benzene ring substituents is 1. The van der Waals surface area contributed by atoms with Gasteiger partial charge in [0.1, 0.15) is 0 Å². The smallest absolute Gasteiger partial charge is 0.367 e. The molecule has 0 aliphatic carbocycles. The van der Waals surface area contributed by atoms with E-state index in [9.17, 15) is 36.5 Å². The quantitative estimate of drug-likeness (QED) is 0.167. The molecule has 0 unspecified atom stereocenters. The van der Waals surface area contributed by atoms with Crippen molar-refractivity contribution in [2.75, 3.05) is 37.8 Å². The number of rotatable bonds is 9. The molecule has 0 radical (unpaired) electrons. The highest BCUT2D eigenvalue weighted by molar-refractivity contribution is 5.82. The van der Waals surface area contributed by atoms with Crippen LogP contribution in [0, 0.1) is 10.1 Å². The van der Waals surface area contributed by atoms with Gasteiger partial charge in [-0.15, -0.1) is 0 Å². The van der Waals surface area contributed by atoms with Crippen LogP contribution < -0.4 is 10.6 Å². The van der Waals surface area contributed by atoms with Crippen LogP contribution in [0.5, 0.6) is 0 Å². The monoisotopic (exact) mass is 516 g/mol. The minimum absolute atomic E-state index is 0.0595. The van der Waals surface area contributed by atoms with E-state index in [2.05, 4.69) is 20.6 Å². The summed E-state index contributed by atoms with van der Waals surface area (Å²) in [6.07, 6.45) is -9.25. The zero-order chi connectivity index (χ0) is 26.7. The number of hydrogen-bond donors (Lipinski definition) is 2. The lowest BCUT2D eigenvalue weighted by Crippen LogP contribution is -2.17. The van der Waals surface area contributed by atoms with Crippen molar-refractivity contribution < 1.29 is 31.3 Å². The van der Waals surface area contributed by atoms with Gasteiger partial charge in [0.05, 0.1) is 27.1 Å². The molecule has 0 fully saturated rings. The number of nitro benzene ring substituents is 1. The van der Waals surface area contributed by atoms with E-state index in [0.717, 1.165) is 6.54 Å². The Kier molecular flexibility index (Phi) is 7.86. The summed E-state index contributed by atoms with van der Waals surface area (Å²) < 4.78 is 79.1. The summed E-state index contributed by atoms with van der Waals surface area (Å²) in [6.45, 7) is 0.739. The molecule has 0 aliphatic heterocycles. The third-order valence-electron chi connectivity index (χ3n) is 5.04. The molecule has 0 amide bonds. The summed E-state index contributed by atoms with van der Waals surface area (Å²) in [5.41, 5.74) is -2.87. The molecule has 0 aliphatic rings. The Balaban J connectivity index is 1.95. The summed E-state index contributed by atoms with van der Waals surface area (Å²) in [5.74, 6) is 0.233. The topological polar surface area (TPSA) is 96.2 Å². The van der Waals surface area contributed by atoms with Crippen molar-refractivity contribution in [2.24, 2.45) is 0 Å². The number of anilines is 2. The molecule has 1 aromatic heterocycles. The van der Waals surface area contributed by atoms with Crippen LogP contribution in [0.1, 0.15) is 23.1 Å². The van der Waals surface area contributed by atoms with Crippen molar-refractivity contribution in [3.05, 3.63) is 63.2 Å². The van der Waals surface area contributed by atoms with E-state index in [1.165, 1.54) is 18.2 Å². The lowest BCUT2D eigenvalue weighted by Gasteiger charge is -2.16. The van der Waals surface area contributed by atoms with Gasteiger partial charge in [-0.2, -0.15) is 26.3 Å². The minimum atomic E-state index is -4.97. The largest absolute Gasteiger partial charge is 0.416 e. The Hall–Kier alpha value is -3.68. The summed E-state index contributed by atoms with van der Waals surface area (Å²) in [7, 11) is 3.76. The number of nitrogens with zero attached hydrogens (tertiary/aromatic N) is 4. The molecule has 8 nitrogen and oxygen atoms in total. The fraction of sp³-hybridized carbons (Fsp3) is 0.364. The standard InChI is InChI=1S/C22H22F6N6O2/c1-33(2)7-3-6-29-19-20(31-17-5-4-16(34(35)36)11-18(17)32-19)30-12-13-8-14(21(23,24)25)10-15(9-13)22(26,27)28/h4-5,8-11H,3,6-7,12H2,1-2H3,(H,29,32)(H,30,31). The lowest BCUT2D eigenvalue weighted by atomic mass is 10.0. The fourth-order valence-electron chi connectivity index (χ4n) is 3.31. The molecule has 0 bridgehead atoms. The molecular formula is C22H22F6N6O2. The molecule has 36 heavy (non-hydrogen) atoms. The Bertz CT molecular complexity index is 1210. The van der Waals surface area contributed by atoms with E-state index in [1.54, 1.807) is 0 Å². The van der Waals surface area contributed by atoms with E-state index >= 15 is 0 Å². The van der Waals surface area contributed by atoms with E-state index in [-0.39, 0.29) is 40.0 Å². The lowest BCUT2D eigenvalue weighted by molar-refractivity contribution is -0.384. The maximum absolute atomic E-state index is 13.2. The van der Waals surface area contributed by atoms with Crippen molar-refractivity contribution in [3.63, 3.8) is 0 Å². The normalized spacial score (nSPS) is 12.2. The highest BCUT2D eigenvalue weighted by Gasteiger charge is 2.36. The number of halogens is 6. The zero-order valence-electron chi connectivity index (χ0n) is 19.2. The minimum Gasteiger partial charge on any atom is -0.367 e. The van der Waals surface area contributed by atoms with Crippen LogP contribution in [0.15, 0.2) is 36.4 Å². The van der Waals surface area contributed by atoms with Gasteiger partial charge in [0.15, 0.2) is 11.6 Å². The third-order valence-corrected chi connectivity index (χ3v) is 5.04. The van der Waals surface area contributed by atoms with Crippen molar-refractivity contribution >= 4 is 28.4 Å². The van der Waals surface area contributed by atoms with Crippen LogP contribution in [-0.4, -0.2) is 47.0 Å². The average molecular weight is 516 g/mol. The molecule has 14 heteroatoms. The number of nitro groups is 1. The first-order valence-corrected chi connectivity index (χ1v) is 10.6. The number of benzene rings is 2. The fourth-order valence-corrected chi connectivity index (χ4v) is 3.31. The second-order valence-corrected chi connectivity index (χ2v) is 8.20. The van der Waals surface area contributed by atoms with E-state index in [4.69, 9.17) is 0 Å². The van der Waals surface area contributed by atoms with E-state index in [1.807, 2.05) is 19.0 Å². The predicted octanol–water partition coefficient (Wildman–Crippen LogP) is 5.55. The summed E-state index contributed by atoms with van der Waals surface area (Å²) in [6, 6.07) is 5.11. The second kappa shape index (κ2) is 10.5. The highest BCUT2D eigenvalue weighted by Crippen LogP contribution is 2.36. The Morgan fingerprint density at radius 2 is 1.47 bits per heavy atom. The van der Waals surface area contributed by atoms with E-state index in [0.29, 0.717) is 25.1 Å². The molecule has 3 aromatic rings. The summed E-state index contributed by atoms with van der Waals surface area (Å²) in [4.78, 5) is 21.1. The third kappa shape index (κ3) is 6.93. The van der Waals surface area contributed by atoms with Crippen LogP contribution in [-0.2, 0) is 18.9 Å².